The topological polar surface area (TPSA) is 105 Å². The molecule has 5 N–H and O–H groups in total. The molecular formula is C10H16N4O2S. The van der Waals surface area contributed by atoms with Gasteiger partial charge < -0.3 is 21.5 Å². The van der Waals surface area contributed by atoms with Crippen LogP contribution >= 0.6 is 11.5 Å². The number of rotatable bonds is 3. The molecule has 1 unspecified atom stereocenters. The molecule has 94 valence electrons. The highest BCUT2D eigenvalue weighted by molar-refractivity contribution is 7.11. The van der Waals surface area contributed by atoms with Crippen molar-refractivity contribution in [1.82, 2.24) is 4.37 Å². The van der Waals surface area contributed by atoms with Crippen LogP contribution in [0, 0.1) is 5.92 Å². The van der Waals surface area contributed by atoms with Gasteiger partial charge in [-0.25, -0.2) is 0 Å². The molecule has 17 heavy (non-hydrogen) atoms. The van der Waals surface area contributed by atoms with Gasteiger partial charge in [0, 0.05) is 19.7 Å². The van der Waals surface area contributed by atoms with E-state index in [2.05, 4.69) is 4.37 Å². The lowest BCUT2D eigenvalue weighted by Gasteiger charge is -2.32. The van der Waals surface area contributed by atoms with Gasteiger partial charge in [-0.3, -0.25) is 4.79 Å². The van der Waals surface area contributed by atoms with Gasteiger partial charge >= 0.3 is 0 Å². The van der Waals surface area contributed by atoms with Crippen LogP contribution in [0.5, 0.6) is 0 Å². The second kappa shape index (κ2) is 4.89. The van der Waals surface area contributed by atoms with Crippen LogP contribution in [0.2, 0.25) is 0 Å². The van der Waals surface area contributed by atoms with Crippen LogP contribution in [0.3, 0.4) is 0 Å². The summed E-state index contributed by atoms with van der Waals surface area (Å²) in [7, 11) is 0. The van der Waals surface area contributed by atoms with Crippen molar-refractivity contribution in [2.75, 3.05) is 30.3 Å². The number of carbonyl (C=O) groups excluding carboxylic acids is 1. The Balaban J connectivity index is 2.24. The van der Waals surface area contributed by atoms with E-state index < -0.39 is 5.91 Å². The molecule has 1 aromatic rings. The standard InChI is InChI=1S/C10H16N4O2S/c11-8-7(9(12)16)10(17-13-8)14-3-1-2-6(4-14)5-15/h6,15H,1-5H2,(H2,11,13)(H2,12,16). The van der Waals surface area contributed by atoms with Gasteiger partial charge in [-0.05, 0) is 30.3 Å². The lowest BCUT2D eigenvalue weighted by atomic mass is 9.99. The second-order valence-corrected chi connectivity index (χ2v) is 5.00. The van der Waals surface area contributed by atoms with E-state index >= 15 is 0 Å². The van der Waals surface area contributed by atoms with Gasteiger partial charge in [0.05, 0.1) is 0 Å². The van der Waals surface area contributed by atoms with Crippen molar-refractivity contribution in [3.05, 3.63) is 5.56 Å². The number of aliphatic hydroxyl groups excluding tert-OH is 1. The van der Waals surface area contributed by atoms with E-state index in [1.54, 1.807) is 0 Å². The number of piperidine rings is 1. The van der Waals surface area contributed by atoms with Crippen LogP contribution in [-0.2, 0) is 0 Å². The predicted molar refractivity (Wildman–Crippen MR) is 67.1 cm³/mol. The molecule has 0 saturated carbocycles. The molecule has 0 aliphatic carbocycles. The van der Waals surface area contributed by atoms with Crippen LogP contribution < -0.4 is 16.4 Å². The number of nitrogens with two attached hydrogens (primary N) is 2. The molecule has 0 aromatic carbocycles. The first-order valence-corrected chi connectivity index (χ1v) is 6.31. The largest absolute Gasteiger partial charge is 0.396 e. The number of hydrogen-bond acceptors (Lipinski definition) is 6. The summed E-state index contributed by atoms with van der Waals surface area (Å²) in [5, 5.41) is 9.91. The normalized spacial score (nSPS) is 20.5. The van der Waals surface area contributed by atoms with Crippen LogP contribution in [0.1, 0.15) is 23.2 Å². The molecule has 7 heteroatoms. The molecule has 1 saturated heterocycles. The number of carbonyl (C=O) groups is 1. The first-order valence-electron chi connectivity index (χ1n) is 5.54. The van der Waals surface area contributed by atoms with Crippen molar-refractivity contribution in [2.45, 2.75) is 12.8 Å². The third-order valence-corrected chi connectivity index (χ3v) is 3.93. The van der Waals surface area contributed by atoms with Crippen molar-refractivity contribution < 1.29 is 9.90 Å². The molecule has 6 nitrogen and oxygen atoms in total. The summed E-state index contributed by atoms with van der Waals surface area (Å²) in [5.74, 6) is -0.103. The van der Waals surface area contributed by atoms with Crippen molar-refractivity contribution >= 4 is 28.3 Å². The SMILES string of the molecule is NC(=O)c1c(N)nsc1N1CCCC(CO)C1. The molecule has 1 atom stereocenters. The summed E-state index contributed by atoms with van der Waals surface area (Å²) < 4.78 is 3.98. The Morgan fingerprint density at radius 1 is 1.65 bits per heavy atom. The highest BCUT2D eigenvalue weighted by Gasteiger charge is 2.26. The number of aromatic nitrogens is 1. The minimum atomic E-state index is -0.544. The molecule has 0 radical (unpaired) electrons. The molecule has 1 fully saturated rings. The summed E-state index contributed by atoms with van der Waals surface area (Å²) in [6, 6.07) is 0. The maximum atomic E-state index is 11.3. The first-order chi connectivity index (χ1) is 8.13. The van der Waals surface area contributed by atoms with Crippen molar-refractivity contribution in [3.8, 4) is 0 Å². The fourth-order valence-corrected chi connectivity index (χ4v) is 2.99. The maximum Gasteiger partial charge on any atom is 0.255 e. The van der Waals surface area contributed by atoms with Gasteiger partial charge in [0.1, 0.15) is 10.6 Å². The lowest BCUT2D eigenvalue weighted by molar-refractivity contribution is 0.100. The number of aliphatic hydroxyl groups is 1. The Morgan fingerprint density at radius 2 is 2.41 bits per heavy atom. The van der Waals surface area contributed by atoms with Gasteiger partial charge in [0.15, 0.2) is 5.82 Å². The minimum absolute atomic E-state index is 0.163. The number of hydrogen-bond donors (Lipinski definition) is 3. The van der Waals surface area contributed by atoms with Gasteiger partial charge in [0.2, 0.25) is 0 Å². The summed E-state index contributed by atoms with van der Waals surface area (Å²) in [6.45, 7) is 1.73. The lowest BCUT2D eigenvalue weighted by Crippen LogP contribution is -2.37. The highest BCUT2D eigenvalue weighted by Crippen LogP contribution is 2.33. The van der Waals surface area contributed by atoms with Gasteiger partial charge in [-0.2, -0.15) is 4.37 Å². The predicted octanol–water partition coefficient (Wildman–Crippen LogP) is 0.0329. The summed E-state index contributed by atoms with van der Waals surface area (Å²) in [5.41, 5.74) is 11.3. The van der Waals surface area contributed by atoms with E-state index in [-0.39, 0.29) is 18.3 Å². The summed E-state index contributed by atoms with van der Waals surface area (Å²) >= 11 is 1.19. The van der Waals surface area contributed by atoms with E-state index in [0.717, 1.165) is 30.9 Å². The smallest absolute Gasteiger partial charge is 0.255 e. The summed E-state index contributed by atoms with van der Waals surface area (Å²) in [4.78, 5) is 13.4. The van der Waals surface area contributed by atoms with Gasteiger partial charge in [-0.15, -0.1) is 0 Å². The third-order valence-electron chi connectivity index (χ3n) is 3.01. The van der Waals surface area contributed by atoms with E-state index in [9.17, 15) is 9.90 Å². The zero-order valence-electron chi connectivity index (χ0n) is 9.43. The molecule has 2 heterocycles. The molecule has 1 amide bonds. The third kappa shape index (κ3) is 2.34. The average Bonchev–Trinajstić information content (AvgIpc) is 2.71. The molecule has 1 aromatic heterocycles. The number of anilines is 2. The van der Waals surface area contributed by atoms with E-state index in [1.165, 1.54) is 11.5 Å². The minimum Gasteiger partial charge on any atom is -0.396 e. The van der Waals surface area contributed by atoms with E-state index in [1.807, 2.05) is 4.90 Å². The van der Waals surface area contributed by atoms with Crippen molar-refractivity contribution in [1.29, 1.82) is 0 Å². The first kappa shape index (κ1) is 12.1. The van der Waals surface area contributed by atoms with Crippen LogP contribution in [-0.4, -0.2) is 35.1 Å². The van der Waals surface area contributed by atoms with Gasteiger partial charge in [-0.1, -0.05) is 0 Å². The van der Waals surface area contributed by atoms with Crippen LogP contribution in [0.25, 0.3) is 0 Å². The zero-order valence-corrected chi connectivity index (χ0v) is 10.2. The molecule has 1 aliphatic rings. The Labute approximate surface area is 103 Å². The fraction of sp³-hybridized carbons (Fsp3) is 0.600. The fourth-order valence-electron chi connectivity index (χ4n) is 2.14. The Bertz CT molecular complexity index is 420. The monoisotopic (exact) mass is 256 g/mol. The number of amides is 1. The molecule has 0 spiro atoms. The molecule has 2 rings (SSSR count). The number of nitrogen functional groups attached to an aromatic ring is 1. The zero-order chi connectivity index (χ0) is 12.4. The second-order valence-electron chi connectivity index (χ2n) is 4.25. The number of nitrogens with zero attached hydrogens (tertiary/aromatic N) is 2. The Kier molecular flexibility index (Phi) is 3.49. The van der Waals surface area contributed by atoms with Gasteiger partial charge in [0.25, 0.3) is 5.91 Å². The van der Waals surface area contributed by atoms with Crippen LogP contribution in [0.4, 0.5) is 10.8 Å². The highest BCUT2D eigenvalue weighted by atomic mass is 32.1. The Morgan fingerprint density at radius 3 is 3.06 bits per heavy atom. The molecular weight excluding hydrogens is 240 g/mol. The summed E-state index contributed by atoms with van der Waals surface area (Å²) in [6.07, 6.45) is 1.99. The average molecular weight is 256 g/mol. The van der Waals surface area contributed by atoms with Crippen molar-refractivity contribution in [3.63, 3.8) is 0 Å². The van der Waals surface area contributed by atoms with E-state index in [4.69, 9.17) is 11.5 Å². The van der Waals surface area contributed by atoms with Crippen molar-refractivity contribution in [2.24, 2.45) is 11.7 Å². The quantitative estimate of drug-likeness (QED) is 0.707. The number of primary amides is 1. The van der Waals surface area contributed by atoms with Crippen LogP contribution in [0.15, 0.2) is 0 Å². The molecule has 1 aliphatic heterocycles. The Hall–Kier alpha value is -1.34. The van der Waals surface area contributed by atoms with E-state index in [0.29, 0.717) is 5.56 Å². The molecule has 0 bridgehead atoms. The maximum absolute atomic E-state index is 11.3.